The van der Waals surface area contributed by atoms with Crippen molar-refractivity contribution in [3.8, 4) is 0 Å². The molecule has 21 heavy (non-hydrogen) atoms. The van der Waals surface area contributed by atoms with Crippen molar-refractivity contribution in [2.45, 2.75) is 40.0 Å². The Labute approximate surface area is 146 Å². The second-order valence-electron chi connectivity index (χ2n) is 6.05. The molecule has 1 heterocycles. The monoisotopic (exact) mass is 413 g/mol. The molecule has 0 aromatic rings. The number of ether oxygens (including phenoxy) is 1. The summed E-state index contributed by atoms with van der Waals surface area (Å²) in [4.78, 5) is 4.65. The van der Waals surface area contributed by atoms with Gasteiger partial charge in [-0.15, -0.1) is 24.0 Å². The first-order valence-corrected chi connectivity index (χ1v) is 7.84. The molecule has 0 aromatic carbocycles. The molecule has 0 saturated carbocycles. The molecule has 1 saturated heterocycles. The molecule has 1 fully saturated rings. The minimum Gasteiger partial charge on any atom is -0.396 e. The first-order valence-electron chi connectivity index (χ1n) is 7.84. The van der Waals surface area contributed by atoms with E-state index in [0.717, 1.165) is 58.1 Å². The summed E-state index contributed by atoms with van der Waals surface area (Å²) in [5.74, 6) is 1.39. The van der Waals surface area contributed by atoms with Gasteiger partial charge in [0, 0.05) is 25.1 Å². The van der Waals surface area contributed by atoms with E-state index in [1.807, 2.05) is 0 Å². The Morgan fingerprint density at radius 3 is 2.48 bits per heavy atom. The Morgan fingerprint density at radius 2 is 2.00 bits per heavy atom. The zero-order valence-corrected chi connectivity index (χ0v) is 16.0. The van der Waals surface area contributed by atoms with E-state index in [1.54, 1.807) is 0 Å². The Morgan fingerprint density at radius 1 is 1.29 bits per heavy atom. The molecule has 1 aliphatic rings. The van der Waals surface area contributed by atoms with Crippen LogP contribution in [0.2, 0.25) is 0 Å². The molecule has 5 nitrogen and oxygen atoms in total. The van der Waals surface area contributed by atoms with E-state index in [9.17, 15) is 0 Å². The van der Waals surface area contributed by atoms with Gasteiger partial charge in [0.1, 0.15) is 0 Å². The van der Waals surface area contributed by atoms with Crippen molar-refractivity contribution in [3.63, 3.8) is 0 Å². The predicted octanol–water partition coefficient (Wildman–Crippen LogP) is 1.99. The van der Waals surface area contributed by atoms with Crippen molar-refractivity contribution < 1.29 is 9.84 Å². The van der Waals surface area contributed by atoms with Crippen LogP contribution in [0, 0.1) is 11.3 Å². The lowest BCUT2D eigenvalue weighted by atomic mass is 9.89. The highest BCUT2D eigenvalue weighted by molar-refractivity contribution is 14.0. The van der Waals surface area contributed by atoms with Crippen LogP contribution in [0.4, 0.5) is 0 Å². The highest BCUT2D eigenvalue weighted by atomic mass is 127. The summed E-state index contributed by atoms with van der Waals surface area (Å²) in [5.41, 5.74) is 0.205. The Balaban J connectivity index is 0.00000400. The van der Waals surface area contributed by atoms with E-state index >= 15 is 0 Å². The van der Waals surface area contributed by atoms with Gasteiger partial charge in [-0.25, -0.2) is 0 Å². The van der Waals surface area contributed by atoms with Gasteiger partial charge >= 0.3 is 0 Å². The van der Waals surface area contributed by atoms with E-state index < -0.39 is 0 Å². The number of hydrogen-bond donors (Lipinski definition) is 3. The molecule has 1 atom stereocenters. The average molecular weight is 413 g/mol. The molecular formula is C15H32IN3O2. The standard InChI is InChI=1S/C15H31N3O2.HI/c1-4-6-13(7-8-19)9-17-14(16-5-2)18-10-15(3)11-20-12-15;/h13,19H,4-12H2,1-3H3,(H2,16,17,18);1H. The van der Waals surface area contributed by atoms with Crippen LogP contribution in [0.1, 0.15) is 40.0 Å². The number of hydrogen-bond acceptors (Lipinski definition) is 3. The Bertz CT molecular complexity index is 291. The highest BCUT2D eigenvalue weighted by Crippen LogP contribution is 2.26. The Hall–Kier alpha value is -0.0800. The maximum atomic E-state index is 9.09. The topological polar surface area (TPSA) is 65.9 Å². The molecule has 0 bridgehead atoms. The van der Waals surface area contributed by atoms with E-state index in [1.165, 1.54) is 0 Å². The molecule has 126 valence electrons. The molecular weight excluding hydrogens is 381 g/mol. The van der Waals surface area contributed by atoms with E-state index in [4.69, 9.17) is 9.84 Å². The van der Waals surface area contributed by atoms with Gasteiger partial charge in [0.15, 0.2) is 5.96 Å². The maximum Gasteiger partial charge on any atom is 0.191 e. The quantitative estimate of drug-likeness (QED) is 0.307. The van der Waals surface area contributed by atoms with E-state index in [0.29, 0.717) is 5.92 Å². The summed E-state index contributed by atoms with van der Waals surface area (Å²) in [6.45, 7) is 10.8. The fourth-order valence-electron chi connectivity index (χ4n) is 2.33. The van der Waals surface area contributed by atoms with Gasteiger partial charge in [0.25, 0.3) is 0 Å². The second kappa shape index (κ2) is 11.5. The molecule has 0 aromatic heterocycles. The fraction of sp³-hybridized carbons (Fsp3) is 0.933. The lowest BCUT2D eigenvalue weighted by Gasteiger charge is -2.36. The molecule has 3 N–H and O–H groups in total. The van der Waals surface area contributed by atoms with Crippen molar-refractivity contribution in [3.05, 3.63) is 0 Å². The van der Waals surface area contributed by atoms with Gasteiger partial charge in [-0.3, -0.25) is 4.99 Å². The summed E-state index contributed by atoms with van der Waals surface area (Å²) in [7, 11) is 0. The molecule has 6 heteroatoms. The zero-order chi connectivity index (χ0) is 14.8. The third-order valence-corrected chi connectivity index (χ3v) is 3.66. The number of aliphatic imine (C=N–C) groups is 1. The molecule has 1 unspecified atom stereocenters. The van der Waals surface area contributed by atoms with Crippen LogP contribution in [-0.2, 0) is 4.74 Å². The SMILES string of the molecule is CCCC(CCO)CNC(=NCC1(C)COC1)NCC.I. The second-order valence-corrected chi connectivity index (χ2v) is 6.05. The highest BCUT2D eigenvalue weighted by Gasteiger charge is 2.33. The number of nitrogens with zero attached hydrogens (tertiary/aromatic N) is 1. The molecule has 0 aliphatic carbocycles. The number of aliphatic hydroxyl groups excluding tert-OH is 1. The summed E-state index contributed by atoms with van der Waals surface area (Å²) in [6.07, 6.45) is 3.14. The first-order chi connectivity index (χ1) is 9.63. The van der Waals surface area contributed by atoms with Crippen LogP contribution in [0.3, 0.4) is 0 Å². The predicted molar refractivity (Wildman–Crippen MR) is 98.4 cm³/mol. The molecule has 0 amide bonds. The van der Waals surface area contributed by atoms with Gasteiger partial charge in [-0.05, 0) is 25.7 Å². The minimum absolute atomic E-state index is 0. The van der Waals surface area contributed by atoms with Gasteiger partial charge in [-0.1, -0.05) is 20.3 Å². The van der Waals surface area contributed by atoms with Gasteiger partial charge in [-0.2, -0.15) is 0 Å². The maximum absolute atomic E-state index is 9.09. The average Bonchev–Trinajstić information content (AvgIpc) is 2.40. The number of halogens is 1. The first kappa shape index (κ1) is 20.9. The smallest absolute Gasteiger partial charge is 0.191 e. The van der Waals surface area contributed by atoms with Crippen LogP contribution in [-0.4, -0.2) is 50.5 Å². The fourth-order valence-corrected chi connectivity index (χ4v) is 2.33. The van der Waals surface area contributed by atoms with Crippen LogP contribution >= 0.6 is 24.0 Å². The summed E-state index contributed by atoms with van der Waals surface area (Å²) < 4.78 is 5.25. The Kier molecular flexibility index (Phi) is 11.4. The van der Waals surface area contributed by atoms with E-state index in [2.05, 4.69) is 36.4 Å². The van der Waals surface area contributed by atoms with Gasteiger partial charge in [0.05, 0.1) is 19.8 Å². The molecule has 0 radical (unpaired) electrons. The van der Waals surface area contributed by atoms with Crippen LogP contribution < -0.4 is 10.6 Å². The van der Waals surface area contributed by atoms with Crippen molar-refractivity contribution in [2.24, 2.45) is 16.3 Å². The number of guanidine groups is 1. The van der Waals surface area contributed by atoms with E-state index in [-0.39, 0.29) is 36.0 Å². The number of rotatable bonds is 9. The van der Waals surface area contributed by atoms with Gasteiger partial charge in [0.2, 0.25) is 0 Å². The largest absolute Gasteiger partial charge is 0.396 e. The lowest BCUT2D eigenvalue weighted by Crippen LogP contribution is -2.45. The van der Waals surface area contributed by atoms with Gasteiger partial charge < -0.3 is 20.5 Å². The van der Waals surface area contributed by atoms with Crippen LogP contribution in [0.5, 0.6) is 0 Å². The van der Waals surface area contributed by atoms with Crippen LogP contribution in [0.25, 0.3) is 0 Å². The lowest BCUT2D eigenvalue weighted by molar-refractivity contribution is -0.0945. The minimum atomic E-state index is 0. The summed E-state index contributed by atoms with van der Waals surface area (Å²) in [5, 5.41) is 15.8. The van der Waals surface area contributed by atoms with Crippen molar-refractivity contribution in [2.75, 3.05) is 39.5 Å². The number of aliphatic hydroxyl groups is 1. The van der Waals surface area contributed by atoms with Crippen molar-refractivity contribution >= 4 is 29.9 Å². The third kappa shape index (κ3) is 8.21. The third-order valence-electron chi connectivity index (χ3n) is 3.66. The zero-order valence-electron chi connectivity index (χ0n) is 13.7. The summed E-state index contributed by atoms with van der Waals surface area (Å²) in [6, 6.07) is 0. The van der Waals surface area contributed by atoms with Crippen molar-refractivity contribution in [1.29, 1.82) is 0 Å². The van der Waals surface area contributed by atoms with Crippen LogP contribution in [0.15, 0.2) is 4.99 Å². The molecule has 1 aliphatic heterocycles. The normalized spacial score (nSPS) is 18.4. The summed E-state index contributed by atoms with van der Waals surface area (Å²) >= 11 is 0. The van der Waals surface area contributed by atoms with Crippen molar-refractivity contribution in [1.82, 2.24) is 10.6 Å². The molecule has 1 rings (SSSR count). The molecule has 0 spiro atoms. The number of nitrogens with one attached hydrogen (secondary N) is 2.